The van der Waals surface area contributed by atoms with Gasteiger partial charge in [-0.1, -0.05) is 13.8 Å². The Morgan fingerprint density at radius 3 is 2.35 bits per heavy atom. The summed E-state index contributed by atoms with van der Waals surface area (Å²) in [4.78, 5) is 23.8. The molecular weight excluding hydrogens is 220 g/mol. The van der Waals surface area contributed by atoms with Crippen LogP contribution in [0.4, 0.5) is 4.79 Å². The lowest BCUT2D eigenvalue weighted by molar-refractivity contribution is -0.138. The fourth-order valence-electron chi connectivity index (χ4n) is 1.87. The van der Waals surface area contributed by atoms with Gasteiger partial charge < -0.3 is 15.3 Å². The Balaban J connectivity index is 2.40. The molecule has 0 heterocycles. The quantitative estimate of drug-likeness (QED) is 0.768. The third-order valence-corrected chi connectivity index (χ3v) is 3.41. The van der Waals surface area contributed by atoms with Crippen LogP contribution in [0.25, 0.3) is 0 Å². The van der Waals surface area contributed by atoms with Crippen LogP contribution in [-0.4, -0.2) is 41.1 Å². The molecule has 1 atom stereocenters. The molecule has 0 aromatic heterocycles. The first kappa shape index (κ1) is 13.8. The van der Waals surface area contributed by atoms with Crippen LogP contribution in [0.15, 0.2) is 0 Å². The molecule has 2 amide bonds. The Morgan fingerprint density at radius 1 is 1.47 bits per heavy atom. The van der Waals surface area contributed by atoms with Gasteiger partial charge in [-0.15, -0.1) is 0 Å². The van der Waals surface area contributed by atoms with Crippen molar-refractivity contribution in [1.82, 2.24) is 10.2 Å². The van der Waals surface area contributed by atoms with E-state index in [2.05, 4.69) is 19.2 Å². The highest BCUT2D eigenvalue weighted by atomic mass is 16.4. The first-order chi connectivity index (χ1) is 7.74. The molecule has 0 spiro atoms. The van der Waals surface area contributed by atoms with E-state index in [1.165, 1.54) is 4.90 Å². The van der Waals surface area contributed by atoms with Crippen molar-refractivity contribution < 1.29 is 14.7 Å². The molecule has 2 N–H and O–H groups in total. The van der Waals surface area contributed by atoms with Crippen LogP contribution in [0.1, 0.15) is 34.1 Å². The van der Waals surface area contributed by atoms with Gasteiger partial charge in [0.15, 0.2) is 0 Å². The molecule has 0 aromatic rings. The summed E-state index contributed by atoms with van der Waals surface area (Å²) in [6, 6.07) is -0.400. The van der Waals surface area contributed by atoms with Gasteiger partial charge in [-0.3, -0.25) is 4.79 Å². The topological polar surface area (TPSA) is 69.6 Å². The van der Waals surface area contributed by atoms with Gasteiger partial charge in [-0.25, -0.2) is 4.79 Å². The fourth-order valence-corrected chi connectivity index (χ4v) is 1.87. The average Bonchev–Trinajstić information content (AvgIpc) is 2.78. The summed E-state index contributed by atoms with van der Waals surface area (Å²) in [5.41, 5.74) is 0.322. The van der Waals surface area contributed by atoms with Crippen molar-refractivity contribution in [2.75, 3.05) is 13.1 Å². The summed E-state index contributed by atoms with van der Waals surface area (Å²) in [7, 11) is 0. The van der Waals surface area contributed by atoms with Gasteiger partial charge in [-0.2, -0.15) is 0 Å². The maximum atomic E-state index is 11.8. The van der Waals surface area contributed by atoms with E-state index in [-0.39, 0.29) is 18.6 Å². The minimum atomic E-state index is -0.986. The first-order valence-corrected chi connectivity index (χ1v) is 6.00. The molecule has 17 heavy (non-hydrogen) atoms. The molecule has 98 valence electrons. The number of carbonyl (C=O) groups is 2. The molecule has 1 aliphatic carbocycles. The monoisotopic (exact) mass is 242 g/mol. The Labute approximate surface area is 102 Å². The van der Waals surface area contributed by atoms with E-state index < -0.39 is 5.97 Å². The number of rotatable bonds is 5. The molecular formula is C12H22N2O3. The number of hydrogen-bond donors (Lipinski definition) is 2. The van der Waals surface area contributed by atoms with Crippen molar-refractivity contribution in [1.29, 1.82) is 0 Å². The SMILES string of the molecule is CC(C)N(CC(=O)O)C(=O)NCC1CC1(C)C. The predicted octanol–water partition coefficient (Wildman–Crippen LogP) is 1.54. The van der Waals surface area contributed by atoms with E-state index in [4.69, 9.17) is 5.11 Å². The highest BCUT2D eigenvalue weighted by Crippen LogP contribution is 2.50. The summed E-state index contributed by atoms with van der Waals surface area (Å²) in [5, 5.41) is 11.5. The maximum Gasteiger partial charge on any atom is 0.323 e. The molecule has 5 nitrogen and oxygen atoms in total. The Hall–Kier alpha value is -1.26. The third kappa shape index (κ3) is 3.91. The number of carboxylic acids is 1. The van der Waals surface area contributed by atoms with Crippen LogP contribution < -0.4 is 5.32 Å². The molecule has 1 fully saturated rings. The normalized spacial score (nSPS) is 21.1. The van der Waals surface area contributed by atoms with Crippen LogP contribution in [0.5, 0.6) is 0 Å². The number of nitrogens with zero attached hydrogens (tertiary/aromatic N) is 1. The van der Waals surface area contributed by atoms with Crippen molar-refractivity contribution in [3.8, 4) is 0 Å². The fraction of sp³-hybridized carbons (Fsp3) is 0.833. The van der Waals surface area contributed by atoms with Gasteiger partial charge in [0.1, 0.15) is 6.54 Å². The molecule has 0 bridgehead atoms. The molecule has 0 radical (unpaired) electrons. The second kappa shape index (κ2) is 4.94. The molecule has 1 rings (SSSR count). The smallest absolute Gasteiger partial charge is 0.323 e. The van der Waals surface area contributed by atoms with E-state index >= 15 is 0 Å². The van der Waals surface area contributed by atoms with Crippen molar-refractivity contribution in [2.45, 2.75) is 40.2 Å². The molecule has 1 unspecified atom stereocenters. The zero-order chi connectivity index (χ0) is 13.2. The first-order valence-electron chi connectivity index (χ1n) is 6.00. The summed E-state index contributed by atoms with van der Waals surface area (Å²) < 4.78 is 0. The van der Waals surface area contributed by atoms with Crippen molar-refractivity contribution in [3.63, 3.8) is 0 Å². The zero-order valence-corrected chi connectivity index (χ0v) is 11.0. The standard InChI is InChI=1S/C12H22N2O3/c1-8(2)14(7-10(15)16)11(17)13-6-9-5-12(9,3)4/h8-9H,5-7H2,1-4H3,(H,13,17)(H,15,16). The number of carbonyl (C=O) groups excluding carboxylic acids is 1. The number of hydrogen-bond acceptors (Lipinski definition) is 2. The van der Waals surface area contributed by atoms with Gasteiger partial charge in [0.05, 0.1) is 0 Å². The van der Waals surface area contributed by atoms with Gasteiger partial charge >= 0.3 is 12.0 Å². The Morgan fingerprint density at radius 2 is 2.00 bits per heavy atom. The number of urea groups is 1. The second-order valence-corrected chi connectivity index (χ2v) is 5.69. The van der Waals surface area contributed by atoms with Crippen LogP contribution in [0, 0.1) is 11.3 Å². The lowest BCUT2D eigenvalue weighted by Crippen LogP contribution is -2.47. The van der Waals surface area contributed by atoms with E-state index in [0.29, 0.717) is 17.9 Å². The summed E-state index contributed by atoms with van der Waals surface area (Å²) >= 11 is 0. The molecule has 1 aliphatic rings. The minimum absolute atomic E-state index is 0.113. The van der Waals surface area contributed by atoms with Crippen LogP contribution in [0.3, 0.4) is 0 Å². The lowest BCUT2D eigenvalue weighted by atomic mass is 10.1. The van der Waals surface area contributed by atoms with E-state index in [1.54, 1.807) is 0 Å². The third-order valence-electron chi connectivity index (χ3n) is 3.41. The number of nitrogens with one attached hydrogen (secondary N) is 1. The zero-order valence-electron chi connectivity index (χ0n) is 11.0. The maximum absolute atomic E-state index is 11.8. The number of aliphatic carboxylic acids is 1. The minimum Gasteiger partial charge on any atom is -0.480 e. The van der Waals surface area contributed by atoms with E-state index in [0.717, 1.165) is 6.42 Å². The second-order valence-electron chi connectivity index (χ2n) is 5.69. The van der Waals surface area contributed by atoms with Crippen molar-refractivity contribution in [3.05, 3.63) is 0 Å². The van der Waals surface area contributed by atoms with Crippen LogP contribution in [-0.2, 0) is 4.79 Å². The van der Waals surface area contributed by atoms with Gasteiger partial charge in [0.2, 0.25) is 0 Å². The van der Waals surface area contributed by atoms with Crippen molar-refractivity contribution >= 4 is 12.0 Å². The molecule has 5 heteroatoms. The largest absolute Gasteiger partial charge is 0.480 e. The molecule has 0 aromatic carbocycles. The van der Waals surface area contributed by atoms with Crippen molar-refractivity contribution in [2.24, 2.45) is 11.3 Å². The highest BCUT2D eigenvalue weighted by molar-refractivity contribution is 5.80. The van der Waals surface area contributed by atoms with Crippen LogP contribution in [0.2, 0.25) is 0 Å². The summed E-state index contributed by atoms with van der Waals surface area (Å²) in [6.07, 6.45) is 1.12. The predicted molar refractivity (Wildman–Crippen MR) is 64.8 cm³/mol. The Kier molecular flexibility index (Phi) is 4.01. The van der Waals surface area contributed by atoms with E-state index in [9.17, 15) is 9.59 Å². The Bertz CT molecular complexity index is 313. The summed E-state index contributed by atoms with van der Waals surface area (Å²) in [5.74, 6) is -0.467. The van der Waals surface area contributed by atoms with Gasteiger partial charge in [0, 0.05) is 12.6 Å². The lowest BCUT2D eigenvalue weighted by Gasteiger charge is -2.25. The number of amides is 2. The average molecular weight is 242 g/mol. The molecule has 0 saturated heterocycles. The van der Waals surface area contributed by atoms with E-state index in [1.807, 2.05) is 13.8 Å². The van der Waals surface area contributed by atoms with Crippen LogP contribution >= 0.6 is 0 Å². The highest BCUT2D eigenvalue weighted by Gasteiger charge is 2.45. The summed E-state index contributed by atoms with van der Waals surface area (Å²) in [6.45, 7) is 8.34. The van der Waals surface area contributed by atoms with Gasteiger partial charge in [0.25, 0.3) is 0 Å². The molecule has 0 aliphatic heterocycles. The molecule has 1 saturated carbocycles. The number of carboxylic acid groups (broad SMARTS) is 1. The van der Waals surface area contributed by atoms with Gasteiger partial charge in [-0.05, 0) is 31.6 Å².